The number of hydrogen-bond donors (Lipinski definition) is 0. The highest BCUT2D eigenvalue weighted by Crippen LogP contribution is 2.16. The molecule has 0 amide bonds. The lowest BCUT2D eigenvalue weighted by atomic mass is 10.1. The van der Waals surface area contributed by atoms with E-state index in [9.17, 15) is 9.59 Å². The van der Waals surface area contributed by atoms with E-state index < -0.39 is 5.97 Å². The summed E-state index contributed by atoms with van der Waals surface area (Å²) >= 11 is 0. The Morgan fingerprint density at radius 3 is 2.75 bits per heavy atom. The fraction of sp³-hybridized carbons (Fsp3) is 0.444. The molecule has 0 N–H and O–H groups in total. The third-order valence-electron chi connectivity index (χ3n) is 4.26. The molecule has 0 atom stereocenters. The van der Waals surface area contributed by atoms with E-state index in [-0.39, 0.29) is 17.6 Å². The van der Waals surface area contributed by atoms with E-state index in [1.54, 1.807) is 17.7 Å². The van der Waals surface area contributed by atoms with Crippen molar-refractivity contribution in [3.63, 3.8) is 0 Å². The average Bonchev–Trinajstić information content (AvgIpc) is 2.59. The van der Waals surface area contributed by atoms with Gasteiger partial charge in [-0.3, -0.25) is 9.69 Å². The van der Waals surface area contributed by atoms with Crippen LogP contribution < -0.4 is 5.43 Å². The minimum absolute atomic E-state index is 0.0790. The van der Waals surface area contributed by atoms with Crippen LogP contribution in [0.2, 0.25) is 0 Å². The number of benzene rings is 1. The first-order valence-electron chi connectivity index (χ1n) is 8.19. The smallest absolute Gasteiger partial charge is 0.343 e. The van der Waals surface area contributed by atoms with E-state index in [2.05, 4.69) is 4.90 Å². The Bertz CT molecular complexity index is 807. The number of ether oxygens (including phenoxy) is 2. The molecule has 24 heavy (non-hydrogen) atoms. The molecule has 128 valence electrons. The number of rotatable bonds is 4. The van der Waals surface area contributed by atoms with Gasteiger partial charge < -0.3 is 14.0 Å². The fourth-order valence-corrected chi connectivity index (χ4v) is 3.01. The predicted molar refractivity (Wildman–Crippen MR) is 91.2 cm³/mol. The molecule has 2 aromatic rings. The molecule has 0 spiro atoms. The second-order valence-electron chi connectivity index (χ2n) is 5.94. The van der Waals surface area contributed by atoms with Crippen molar-refractivity contribution in [1.29, 1.82) is 0 Å². The number of morpholine rings is 1. The molecule has 1 aromatic carbocycles. The third kappa shape index (κ3) is 3.34. The third-order valence-corrected chi connectivity index (χ3v) is 4.26. The Morgan fingerprint density at radius 1 is 1.29 bits per heavy atom. The van der Waals surface area contributed by atoms with Gasteiger partial charge in [-0.15, -0.1) is 0 Å². The number of carbonyl (C=O) groups excluding carboxylic acids is 1. The first kappa shape index (κ1) is 16.7. The first-order chi connectivity index (χ1) is 11.6. The SMILES string of the molecule is CCOC(=O)c1cn(C)c2ccc(CN3CCOCC3)cc2c1=O. The van der Waals surface area contributed by atoms with Gasteiger partial charge in [0.05, 0.1) is 25.3 Å². The summed E-state index contributed by atoms with van der Waals surface area (Å²) < 4.78 is 12.1. The summed E-state index contributed by atoms with van der Waals surface area (Å²) in [5, 5.41) is 0.550. The maximum atomic E-state index is 12.7. The normalized spacial score (nSPS) is 15.6. The Labute approximate surface area is 140 Å². The zero-order valence-electron chi connectivity index (χ0n) is 14.1. The van der Waals surface area contributed by atoms with Crippen molar-refractivity contribution in [2.75, 3.05) is 32.9 Å². The topological polar surface area (TPSA) is 60.8 Å². The highest BCUT2D eigenvalue weighted by Gasteiger charge is 2.17. The molecular formula is C18H22N2O4. The minimum Gasteiger partial charge on any atom is -0.462 e. The number of esters is 1. The van der Waals surface area contributed by atoms with Crippen LogP contribution in [0, 0.1) is 0 Å². The van der Waals surface area contributed by atoms with Crippen molar-refractivity contribution in [2.45, 2.75) is 13.5 Å². The molecule has 0 saturated carbocycles. The van der Waals surface area contributed by atoms with Crippen LogP contribution in [0.4, 0.5) is 0 Å². The molecule has 6 nitrogen and oxygen atoms in total. The lowest BCUT2D eigenvalue weighted by Gasteiger charge is -2.26. The molecule has 0 radical (unpaired) electrons. The highest BCUT2D eigenvalue weighted by molar-refractivity contribution is 5.93. The van der Waals surface area contributed by atoms with Crippen LogP contribution in [0.3, 0.4) is 0 Å². The van der Waals surface area contributed by atoms with Crippen LogP contribution in [-0.2, 0) is 23.1 Å². The molecule has 1 aliphatic heterocycles. The van der Waals surface area contributed by atoms with Gasteiger partial charge in [0.1, 0.15) is 5.56 Å². The number of hydrogen-bond acceptors (Lipinski definition) is 5. The van der Waals surface area contributed by atoms with E-state index in [1.165, 1.54) is 0 Å². The van der Waals surface area contributed by atoms with Crippen LogP contribution in [0.5, 0.6) is 0 Å². The van der Waals surface area contributed by atoms with Crippen LogP contribution >= 0.6 is 0 Å². The molecule has 0 unspecified atom stereocenters. The van der Waals surface area contributed by atoms with Crippen molar-refractivity contribution < 1.29 is 14.3 Å². The van der Waals surface area contributed by atoms with Crippen LogP contribution in [0.1, 0.15) is 22.8 Å². The van der Waals surface area contributed by atoms with Crippen LogP contribution in [0.15, 0.2) is 29.2 Å². The van der Waals surface area contributed by atoms with E-state index in [1.807, 2.05) is 25.2 Å². The second-order valence-corrected chi connectivity index (χ2v) is 5.94. The number of carbonyl (C=O) groups is 1. The molecule has 1 saturated heterocycles. The number of aryl methyl sites for hydroxylation is 1. The predicted octanol–water partition coefficient (Wildman–Crippen LogP) is 1.55. The van der Waals surface area contributed by atoms with Crippen LogP contribution in [0.25, 0.3) is 10.9 Å². The summed E-state index contributed by atoms with van der Waals surface area (Å²) in [7, 11) is 1.83. The monoisotopic (exact) mass is 330 g/mol. The summed E-state index contributed by atoms with van der Waals surface area (Å²) in [5.74, 6) is -0.571. The number of pyridine rings is 1. The van der Waals surface area contributed by atoms with E-state index in [4.69, 9.17) is 9.47 Å². The molecule has 2 heterocycles. The maximum absolute atomic E-state index is 12.7. The largest absolute Gasteiger partial charge is 0.462 e. The zero-order valence-corrected chi connectivity index (χ0v) is 14.1. The minimum atomic E-state index is -0.571. The van der Waals surface area contributed by atoms with Crippen molar-refractivity contribution >= 4 is 16.9 Å². The van der Waals surface area contributed by atoms with E-state index in [0.717, 1.165) is 43.9 Å². The van der Waals surface area contributed by atoms with Gasteiger partial charge in [0.2, 0.25) is 5.43 Å². The molecule has 0 aliphatic carbocycles. The number of fused-ring (bicyclic) bond motifs is 1. The van der Waals surface area contributed by atoms with Gasteiger partial charge in [0.15, 0.2) is 0 Å². The highest BCUT2D eigenvalue weighted by atomic mass is 16.5. The summed E-state index contributed by atoms with van der Waals surface area (Å²) in [5.41, 5.74) is 1.67. The molecule has 1 fully saturated rings. The molecule has 0 bridgehead atoms. The van der Waals surface area contributed by atoms with E-state index in [0.29, 0.717) is 5.39 Å². The van der Waals surface area contributed by atoms with Crippen molar-refractivity contribution in [1.82, 2.24) is 9.47 Å². The summed E-state index contributed by atoms with van der Waals surface area (Å²) in [4.78, 5) is 27.0. The molecular weight excluding hydrogens is 308 g/mol. The Morgan fingerprint density at radius 2 is 2.04 bits per heavy atom. The van der Waals surface area contributed by atoms with Crippen LogP contribution in [-0.4, -0.2) is 48.3 Å². The van der Waals surface area contributed by atoms with E-state index >= 15 is 0 Å². The standard InChI is InChI=1S/C18H22N2O4/c1-3-24-18(22)15-12-19(2)16-5-4-13(10-14(16)17(15)21)11-20-6-8-23-9-7-20/h4-5,10,12H,3,6-9,11H2,1-2H3. The van der Waals surface area contributed by atoms with Gasteiger partial charge in [-0.2, -0.15) is 0 Å². The van der Waals surface area contributed by atoms with Crippen molar-refractivity contribution in [2.24, 2.45) is 7.05 Å². The second kappa shape index (κ2) is 7.15. The molecule has 6 heteroatoms. The van der Waals surface area contributed by atoms with Crippen molar-refractivity contribution in [3.8, 4) is 0 Å². The Balaban J connectivity index is 1.99. The fourth-order valence-electron chi connectivity index (χ4n) is 3.01. The number of nitrogens with zero attached hydrogens (tertiary/aromatic N) is 2. The van der Waals surface area contributed by atoms with Gasteiger partial charge in [0, 0.05) is 38.3 Å². The molecule has 1 aromatic heterocycles. The molecule has 3 rings (SSSR count). The quantitative estimate of drug-likeness (QED) is 0.796. The maximum Gasteiger partial charge on any atom is 0.343 e. The average molecular weight is 330 g/mol. The number of aromatic nitrogens is 1. The van der Waals surface area contributed by atoms with Gasteiger partial charge in [-0.25, -0.2) is 4.79 Å². The molecule has 1 aliphatic rings. The Hall–Kier alpha value is -2.18. The van der Waals surface area contributed by atoms with Gasteiger partial charge >= 0.3 is 5.97 Å². The van der Waals surface area contributed by atoms with Crippen molar-refractivity contribution in [3.05, 3.63) is 45.7 Å². The Kier molecular flexibility index (Phi) is 4.97. The van der Waals surface area contributed by atoms with Gasteiger partial charge in [-0.1, -0.05) is 6.07 Å². The summed E-state index contributed by atoms with van der Waals surface area (Å²) in [6.07, 6.45) is 1.55. The van der Waals surface area contributed by atoms with Gasteiger partial charge in [0.25, 0.3) is 0 Å². The zero-order chi connectivity index (χ0) is 17.1. The lowest BCUT2D eigenvalue weighted by molar-refractivity contribution is 0.0342. The van der Waals surface area contributed by atoms with Gasteiger partial charge in [-0.05, 0) is 24.6 Å². The summed E-state index contributed by atoms with van der Waals surface area (Å²) in [6, 6.07) is 5.85. The lowest BCUT2D eigenvalue weighted by Crippen LogP contribution is -2.35. The first-order valence-corrected chi connectivity index (χ1v) is 8.19. The summed E-state index contributed by atoms with van der Waals surface area (Å²) in [6.45, 7) is 6.00.